The van der Waals surface area contributed by atoms with Crippen molar-refractivity contribution in [2.45, 2.75) is 13.5 Å². The van der Waals surface area contributed by atoms with Gasteiger partial charge in [0.05, 0.1) is 23.1 Å². The highest BCUT2D eigenvalue weighted by molar-refractivity contribution is 5.90. The minimum atomic E-state index is 0.240. The molecule has 0 saturated carbocycles. The van der Waals surface area contributed by atoms with Crippen LogP contribution in [-0.4, -0.2) is 19.7 Å². The summed E-state index contributed by atoms with van der Waals surface area (Å²) >= 11 is 0. The summed E-state index contributed by atoms with van der Waals surface area (Å²) in [5.41, 5.74) is 8.25. The van der Waals surface area contributed by atoms with Crippen LogP contribution in [0.3, 0.4) is 0 Å². The molecule has 2 N–H and O–H groups in total. The monoisotopic (exact) mass is 243 g/mol. The van der Waals surface area contributed by atoms with Crippen LogP contribution in [0.25, 0.3) is 22.4 Å². The second kappa shape index (κ2) is 3.92. The Balaban J connectivity index is 2.25. The summed E-state index contributed by atoms with van der Waals surface area (Å²) in [6.45, 7) is 2.20. The fourth-order valence-corrected chi connectivity index (χ4v) is 1.96. The third-order valence-corrected chi connectivity index (χ3v) is 3.02. The number of nitrogens with zero attached hydrogens (tertiary/aromatic N) is 4. The lowest BCUT2D eigenvalue weighted by molar-refractivity contribution is 0.380. The molecular weight excluding hydrogens is 230 g/mol. The van der Waals surface area contributed by atoms with E-state index in [1.807, 2.05) is 36.7 Å². The Morgan fingerprint density at radius 3 is 2.89 bits per heavy atom. The Morgan fingerprint density at radius 1 is 1.33 bits per heavy atom. The lowest BCUT2D eigenvalue weighted by Crippen LogP contribution is -1.95. The van der Waals surface area contributed by atoms with Crippen molar-refractivity contribution in [3.8, 4) is 11.4 Å². The van der Waals surface area contributed by atoms with Crippen LogP contribution in [0.4, 0.5) is 0 Å². The number of nitrogens with two attached hydrogens (primary N) is 1. The SMILES string of the molecule is Cc1nc2c(-c3noc(CN)n3)cccc2n1C. The molecule has 6 nitrogen and oxygen atoms in total. The summed E-state index contributed by atoms with van der Waals surface area (Å²) in [7, 11) is 1.98. The van der Waals surface area contributed by atoms with Crippen LogP contribution < -0.4 is 5.73 Å². The largest absolute Gasteiger partial charge is 0.338 e. The van der Waals surface area contributed by atoms with Crippen LogP contribution in [0, 0.1) is 6.92 Å². The molecule has 0 amide bonds. The van der Waals surface area contributed by atoms with Gasteiger partial charge in [-0.25, -0.2) is 4.98 Å². The molecule has 2 heterocycles. The van der Waals surface area contributed by atoms with Gasteiger partial charge in [-0.2, -0.15) is 4.98 Å². The zero-order chi connectivity index (χ0) is 12.7. The van der Waals surface area contributed by atoms with E-state index < -0.39 is 0 Å². The number of fused-ring (bicyclic) bond motifs is 1. The Hall–Kier alpha value is -2.21. The van der Waals surface area contributed by atoms with Crippen molar-refractivity contribution in [1.82, 2.24) is 19.7 Å². The number of aromatic nitrogens is 4. The minimum Gasteiger partial charge on any atom is -0.338 e. The number of hydrogen-bond donors (Lipinski definition) is 1. The standard InChI is InChI=1S/C12H13N5O/c1-7-14-11-8(4-3-5-9(11)17(7)2)12-15-10(6-13)18-16-12/h3-5H,6,13H2,1-2H3. The second-order valence-electron chi connectivity index (χ2n) is 4.11. The fourth-order valence-electron chi connectivity index (χ4n) is 1.96. The normalized spacial score (nSPS) is 11.3. The van der Waals surface area contributed by atoms with Gasteiger partial charge in [0.1, 0.15) is 5.82 Å². The molecule has 0 saturated heterocycles. The van der Waals surface area contributed by atoms with Crippen molar-refractivity contribution < 1.29 is 4.52 Å². The van der Waals surface area contributed by atoms with Gasteiger partial charge >= 0.3 is 0 Å². The third kappa shape index (κ3) is 1.50. The highest BCUT2D eigenvalue weighted by Gasteiger charge is 2.14. The van der Waals surface area contributed by atoms with Crippen molar-refractivity contribution >= 4 is 11.0 Å². The highest BCUT2D eigenvalue weighted by Crippen LogP contribution is 2.26. The molecule has 0 bridgehead atoms. The maximum atomic E-state index is 5.47. The van der Waals surface area contributed by atoms with E-state index in [2.05, 4.69) is 15.1 Å². The predicted octanol–water partition coefficient (Wildman–Crippen LogP) is 1.39. The van der Waals surface area contributed by atoms with E-state index in [0.717, 1.165) is 22.4 Å². The number of hydrogen-bond acceptors (Lipinski definition) is 5. The number of aryl methyl sites for hydroxylation is 2. The first kappa shape index (κ1) is 10.9. The fraction of sp³-hybridized carbons (Fsp3) is 0.250. The Kier molecular flexibility index (Phi) is 2.38. The zero-order valence-corrected chi connectivity index (χ0v) is 10.2. The number of para-hydroxylation sites is 1. The van der Waals surface area contributed by atoms with Crippen LogP contribution in [0.1, 0.15) is 11.7 Å². The molecule has 0 radical (unpaired) electrons. The van der Waals surface area contributed by atoms with Crippen molar-refractivity contribution in [3.63, 3.8) is 0 Å². The maximum absolute atomic E-state index is 5.47. The lowest BCUT2D eigenvalue weighted by Gasteiger charge is -1.98. The van der Waals surface area contributed by atoms with Crippen LogP contribution in [-0.2, 0) is 13.6 Å². The molecule has 0 unspecified atom stereocenters. The van der Waals surface area contributed by atoms with Gasteiger partial charge in [0, 0.05) is 7.05 Å². The average molecular weight is 243 g/mol. The van der Waals surface area contributed by atoms with Crippen molar-refractivity contribution in [2.75, 3.05) is 0 Å². The molecular formula is C12H13N5O. The van der Waals surface area contributed by atoms with Crippen LogP contribution in [0.15, 0.2) is 22.7 Å². The molecule has 6 heteroatoms. The van der Waals surface area contributed by atoms with Gasteiger partial charge in [-0.1, -0.05) is 11.2 Å². The Bertz CT molecular complexity index is 712. The van der Waals surface area contributed by atoms with Gasteiger partial charge in [0.25, 0.3) is 0 Å². The summed E-state index contributed by atoms with van der Waals surface area (Å²) in [4.78, 5) is 8.77. The average Bonchev–Trinajstić information content (AvgIpc) is 2.96. The molecule has 0 spiro atoms. The lowest BCUT2D eigenvalue weighted by atomic mass is 10.2. The van der Waals surface area contributed by atoms with Crippen molar-refractivity contribution in [3.05, 3.63) is 29.9 Å². The van der Waals surface area contributed by atoms with Crippen molar-refractivity contribution in [1.29, 1.82) is 0 Å². The molecule has 92 valence electrons. The molecule has 1 aromatic carbocycles. The smallest absolute Gasteiger partial charge is 0.240 e. The van der Waals surface area contributed by atoms with Crippen LogP contribution in [0.2, 0.25) is 0 Å². The van der Waals surface area contributed by atoms with Gasteiger partial charge in [-0.15, -0.1) is 0 Å². The van der Waals surface area contributed by atoms with Crippen molar-refractivity contribution in [2.24, 2.45) is 12.8 Å². The molecule has 0 aliphatic carbocycles. The van der Waals surface area contributed by atoms with E-state index in [-0.39, 0.29) is 6.54 Å². The Morgan fingerprint density at radius 2 is 2.17 bits per heavy atom. The highest BCUT2D eigenvalue weighted by atomic mass is 16.5. The summed E-state index contributed by atoms with van der Waals surface area (Å²) in [5, 5.41) is 3.93. The third-order valence-electron chi connectivity index (χ3n) is 3.02. The first-order valence-electron chi connectivity index (χ1n) is 5.65. The molecule has 0 aliphatic heterocycles. The second-order valence-corrected chi connectivity index (χ2v) is 4.11. The van der Waals surface area contributed by atoms with Crippen LogP contribution in [0.5, 0.6) is 0 Å². The minimum absolute atomic E-state index is 0.240. The molecule has 3 rings (SSSR count). The predicted molar refractivity (Wildman–Crippen MR) is 66.6 cm³/mol. The first-order valence-corrected chi connectivity index (χ1v) is 5.65. The summed E-state index contributed by atoms with van der Waals surface area (Å²) < 4.78 is 7.06. The molecule has 18 heavy (non-hydrogen) atoms. The molecule has 0 aliphatic rings. The van der Waals surface area contributed by atoms with E-state index in [9.17, 15) is 0 Å². The van der Waals surface area contributed by atoms with E-state index >= 15 is 0 Å². The van der Waals surface area contributed by atoms with Gasteiger partial charge < -0.3 is 14.8 Å². The van der Waals surface area contributed by atoms with E-state index in [4.69, 9.17) is 10.3 Å². The molecule has 0 fully saturated rings. The number of rotatable bonds is 2. The maximum Gasteiger partial charge on any atom is 0.240 e. The summed E-state index contributed by atoms with van der Waals surface area (Å²) in [6, 6.07) is 5.90. The number of imidazole rings is 1. The summed E-state index contributed by atoms with van der Waals surface area (Å²) in [5.74, 6) is 1.90. The number of benzene rings is 1. The van der Waals surface area contributed by atoms with Crippen LogP contribution >= 0.6 is 0 Å². The Labute approximate surface area is 103 Å². The van der Waals surface area contributed by atoms with Gasteiger partial charge in [0.15, 0.2) is 0 Å². The van der Waals surface area contributed by atoms with E-state index in [1.54, 1.807) is 0 Å². The quantitative estimate of drug-likeness (QED) is 0.735. The molecule has 2 aromatic heterocycles. The van der Waals surface area contributed by atoms with E-state index in [0.29, 0.717) is 11.7 Å². The van der Waals surface area contributed by atoms with Gasteiger partial charge in [-0.3, -0.25) is 0 Å². The van der Waals surface area contributed by atoms with E-state index in [1.165, 1.54) is 0 Å². The zero-order valence-electron chi connectivity index (χ0n) is 10.2. The van der Waals surface area contributed by atoms with Gasteiger partial charge in [-0.05, 0) is 19.1 Å². The molecule has 3 aromatic rings. The molecule has 0 atom stereocenters. The topological polar surface area (TPSA) is 82.8 Å². The first-order chi connectivity index (χ1) is 8.70. The summed E-state index contributed by atoms with van der Waals surface area (Å²) in [6.07, 6.45) is 0. The van der Waals surface area contributed by atoms with Gasteiger partial charge in [0.2, 0.25) is 11.7 Å².